The molecule has 90 valence electrons. The second-order valence-corrected chi connectivity index (χ2v) is 7.46. The summed E-state index contributed by atoms with van der Waals surface area (Å²) < 4.78 is 1.24. The van der Waals surface area contributed by atoms with Gasteiger partial charge in [-0.2, -0.15) is 0 Å². The Hall–Kier alpha value is 0.1000. The molecule has 2 nitrogen and oxygen atoms in total. The number of likely N-dealkylation sites (tertiary alicyclic amines) is 1. The summed E-state index contributed by atoms with van der Waals surface area (Å²) in [4.78, 5) is 6.38. The first-order valence-corrected chi connectivity index (χ1v) is 7.30. The second kappa shape index (κ2) is 5.17. The van der Waals surface area contributed by atoms with Gasteiger partial charge in [0.1, 0.15) is 0 Å². The third-order valence-electron chi connectivity index (χ3n) is 3.32. The van der Waals surface area contributed by atoms with Gasteiger partial charge in [0, 0.05) is 30.6 Å². The third kappa shape index (κ3) is 2.86. The molecular weight excluding hydrogens is 284 g/mol. The zero-order valence-corrected chi connectivity index (χ0v) is 12.5. The summed E-state index contributed by atoms with van der Waals surface area (Å²) in [6.45, 7) is 5.88. The van der Waals surface area contributed by atoms with Crippen LogP contribution in [0, 0.1) is 5.92 Å². The highest BCUT2D eigenvalue weighted by molar-refractivity contribution is 9.11. The van der Waals surface area contributed by atoms with Crippen LogP contribution in [0.1, 0.15) is 11.8 Å². The number of thiophene rings is 1. The molecule has 0 amide bonds. The predicted molar refractivity (Wildman–Crippen MR) is 73.9 cm³/mol. The van der Waals surface area contributed by atoms with Gasteiger partial charge in [0.25, 0.3) is 0 Å². The standard InChI is InChI=1S/C12H19BrN2S/c1-9-6-15(8-11(9)14(2)3)7-10-4-5-12(13)16-10/h4-5,9,11H,6-8H2,1-3H3. The number of hydrogen-bond donors (Lipinski definition) is 0. The van der Waals surface area contributed by atoms with E-state index in [4.69, 9.17) is 0 Å². The van der Waals surface area contributed by atoms with E-state index in [0.717, 1.165) is 12.5 Å². The highest BCUT2D eigenvalue weighted by atomic mass is 79.9. The van der Waals surface area contributed by atoms with Gasteiger partial charge in [-0.25, -0.2) is 0 Å². The fourth-order valence-electron chi connectivity index (χ4n) is 2.51. The molecule has 1 aliphatic heterocycles. The van der Waals surface area contributed by atoms with Gasteiger partial charge in [0.15, 0.2) is 0 Å². The molecule has 0 radical (unpaired) electrons. The lowest BCUT2D eigenvalue weighted by Gasteiger charge is -2.22. The molecule has 0 spiro atoms. The molecule has 0 aromatic carbocycles. The van der Waals surface area contributed by atoms with Crippen molar-refractivity contribution in [3.63, 3.8) is 0 Å². The Balaban J connectivity index is 1.93. The van der Waals surface area contributed by atoms with Crippen molar-refractivity contribution in [3.8, 4) is 0 Å². The Morgan fingerprint density at radius 1 is 1.44 bits per heavy atom. The lowest BCUT2D eigenvalue weighted by atomic mass is 10.1. The number of nitrogens with zero attached hydrogens (tertiary/aromatic N) is 2. The Morgan fingerprint density at radius 3 is 2.69 bits per heavy atom. The number of hydrogen-bond acceptors (Lipinski definition) is 3. The van der Waals surface area contributed by atoms with Crippen molar-refractivity contribution in [2.45, 2.75) is 19.5 Å². The van der Waals surface area contributed by atoms with Crippen molar-refractivity contribution in [1.82, 2.24) is 9.80 Å². The maximum atomic E-state index is 3.52. The van der Waals surface area contributed by atoms with E-state index >= 15 is 0 Å². The van der Waals surface area contributed by atoms with Crippen LogP contribution in [0.3, 0.4) is 0 Å². The van der Waals surface area contributed by atoms with Crippen molar-refractivity contribution in [2.24, 2.45) is 5.92 Å². The molecule has 16 heavy (non-hydrogen) atoms. The highest BCUT2D eigenvalue weighted by Crippen LogP contribution is 2.26. The highest BCUT2D eigenvalue weighted by Gasteiger charge is 2.30. The Labute approximate surface area is 110 Å². The van der Waals surface area contributed by atoms with E-state index in [0.29, 0.717) is 6.04 Å². The normalized spacial score (nSPS) is 26.8. The van der Waals surface area contributed by atoms with Crippen molar-refractivity contribution < 1.29 is 0 Å². The van der Waals surface area contributed by atoms with E-state index in [1.165, 1.54) is 21.8 Å². The van der Waals surface area contributed by atoms with Crippen LogP contribution in [0.4, 0.5) is 0 Å². The molecule has 2 unspecified atom stereocenters. The van der Waals surface area contributed by atoms with Gasteiger partial charge in [0.2, 0.25) is 0 Å². The largest absolute Gasteiger partial charge is 0.305 e. The summed E-state index contributed by atoms with van der Waals surface area (Å²) in [5, 5.41) is 0. The smallest absolute Gasteiger partial charge is 0.0701 e. The quantitative estimate of drug-likeness (QED) is 0.847. The van der Waals surface area contributed by atoms with Crippen molar-refractivity contribution in [3.05, 3.63) is 20.8 Å². The van der Waals surface area contributed by atoms with Crippen LogP contribution in [0.15, 0.2) is 15.9 Å². The SMILES string of the molecule is CC1CN(Cc2ccc(Br)s2)CC1N(C)C. The minimum atomic E-state index is 0.711. The Bertz CT molecular complexity index is 351. The lowest BCUT2D eigenvalue weighted by molar-refractivity contribution is 0.251. The van der Waals surface area contributed by atoms with Gasteiger partial charge in [-0.05, 0) is 48.1 Å². The fourth-order valence-corrected chi connectivity index (χ4v) is 4.03. The van der Waals surface area contributed by atoms with Crippen LogP contribution in [-0.4, -0.2) is 43.0 Å². The monoisotopic (exact) mass is 302 g/mol. The van der Waals surface area contributed by atoms with E-state index in [-0.39, 0.29) is 0 Å². The molecule has 2 atom stereocenters. The minimum Gasteiger partial charge on any atom is -0.305 e. The molecule has 2 heterocycles. The fraction of sp³-hybridized carbons (Fsp3) is 0.667. The molecule has 4 heteroatoms. The molecule has 0 saturated carbocycles. The first-order chi connectivity index (χ1) is 7.56. The summed E-state index contributed by atoms with van der Waals surface area (Å²) in [5.74, 6) is 0.776. The van der Waals surface area contributed by atoms with Gasteiger partial charge in [0.05, 0.1) is 3.79 Å². The van der Waals surface area contributed by atoms with E-state index in [9.17, 15) is 0 Å². The summed E-state index contributed by atoms with van der Waals surface area (Å²) in [5.41, 5.74) is 0. The average Bonchev–Trinajstić information content (AvgIpc) is 2.73. The molecule has 1 aliphatic rings. The van der Waals surface area contributed by atoms with Crippen molar-refractivity contribution in [1.29, 1.82) is 0 Å². The number of halogens is 1. The summed E-state index contributed by atoms with van der Waals surface area (Å²) in [6.07, 6.45) is 0. The Morgan fingerprint density at radius 2 is 2.19 bits per heavy atom. The average molecular weight is 303 g/mol. The summed E-state index contributed by atoms with van der Waals surface area (Å²) >= 11 is 5.37. The summed E-state index contributed by atoms with van der Waals surface area (Å²) in [7, 11) is 4.37. The molecular formula is C12H19BrN2S. The second-order valence-electron chi connectivity index (χ2n) is 4.91. The van der Waals surface area contributed by atoms with Crippen LogP contribution >= 0.6 is 27.3 Å². The van der Waals surface area contributed by atoms with Crippen molar-refractivity contribution >= 4 is 27.3 Å². The third-order valence-corrected chi connectivity index (χ3v) is 4.93. The Kier molecular flexibility index (Phi) is 4.06. The van der Waals surface area contributed by atoms with Crippen LogP contribution in [0.5, 0.6) is 0 Å². The van der Waals surface area contributed by atoms with E-state index in [2.05, 4.69) is 58.9 Å². The minimum absolute atomic E-state index is 0.711. The molecule has 2 rings (SSSR count). The van der Waals surface area contributed by atoms with E-state index < -0.39 is 0 Å². The van der Waals surface area contributed by atoms with Crippen LogP contribution in [-0.2, 0) is 6.54 Å². The first kappa shape index (κ1) is 12.6. The first-order valence-electron chi connectivity index (χ1n) is 5.69. The van der Waals surface area contributed by atoms with Crippen LogP contribution in [0.25, 0.3) is 0 Å². The van der Waals surface area contributed by atoms with Crippen LogP contribution < -0.4 is 0 Å². The molecule has 1 saturated heterocycles. The molecule has 0 aliphatic carbocycles. The van der Waals surface area contributed by atoms with Gasteiger partial charge in [-0.1, -0.05) is 6.92 Å². The molecule has 1 fully saturated rings. The topological polar surface area (TPSA) is 6.48 Å². The van der Waals surface area contributed by atoms with Gasteiger partial charge in [-0.15, -0.1) is 11.3 Å². The van der Waals surface area contributed by atoms with Crippen LogP contribution in [0.2, 0.25) is 0 Å². The molecule has 0 bridgehead atoms. The van der Waals surface area contributed by atoms with Crippen molar-refractivity contribution in [2.75, 3.05) is 27.2 Å². The molecule has 0 N–H and O–H groups in total. The maximum absolute atomic E-state index is 3.52. The van der Waals surface area contributed by atoms with Gasteiger partial charge >= 0.3 is 0 Å². The van der Waals surface area contributed by atoms with E-state index in [1.807, 2.05) is 11.3 Å². The number of likely N-dealkylation sites (N-methyl/N-ethyl adjacent to an activating group) is 1. The van der Waals surface area contributed by atoms with Gasteiger partial charge < -0.3 is 4.90 Å². The zero-order chi connectivity index (χ0) is 11.7. The summed E-state index contributed by atoms with van der Waals surface area (Å²) in [6, 6.07) is 5.08. The lowest BCUT2D eigenvalue weighted by Crippen LogP contribution is -2.34. The zero-order valence-electron chi connectivity index (χ0n) is 10.1. The molecule has 1 aromatic rings. The van der Waals surface area contributed by atoms with Gasteiger partial charge in [-0.3, -0.25) is 4.90 Å². The number of rotatable bonds is 3. The predicted octanol–water partition coefficient (Wildman–Crippen LogP) is 2.89. The molecule has 1 aromatic heterocycles. The van der Waals surface area contributed by atoms with E-state index in [1.54, 1.807) is 0 Å². The maximum Gasteiger partial charge on any atom is 0.0701 e.